The lowest BCUT2D eigenvalue weighted by Crippen LogP contribution is -2.08. The van der Waals surface area contributed by atoms with Crippen molar-refractivity contribution in [3.63, 3.8) is 0 Å². The van der Waals surface area contributed by atoms with Crippen molar-refractivity contribution in [1.82, 2.24) is 0 Å². The fraction of sp³-hybridized carbons (Fsp3) is 0.400. The second kappa shape index (κ2) is 2.79. The van der Waals surface area contributed by atoms with E-state index >= 15 is 0 Å². The van der Waals surface area contributed by atoms with Gasteiger partial charge in [0.15, 0.2) is 0 Å². The van der Waals surface area contributed by atoms with E-state index in [2.05, 4.69) is 18.3 Å². The molecule has 1 aromatic rings. The Balaban J connectivity index is 2.44. The summed E-state index contributed by atoms with van der Waals surface area (Å²) in [5.41, 5.74) is 3.53. The highest BCUT2D eigenvalue weighted by molar-refractivity contribution is 5.59. The number of fused-ring (bicyclic) bond motifs is 1. The third-order valence-corrected chi connectivity index (χ3v) is 2.36. The van der Waals surface area contributed by atoms with Gasteiger partial charge in [-0.1, -0.05) is 12.1 Å². The van der Waals surface area contributed by atoms with E-state index in [1.54, 1.807) is 0 Å². The SMILES string of the molecule is CC1Cc2c(CO)cccc2N1. The molecule has 1 aliphatic heterocycles. The van der Waals surface area contributed by atoms with Crippen LogP contribution in [0.4, 0.5) is 5.69 Å². The van der Waals surface area contributed by atoms with Crippen LogP contribution in [0.25, 0.3) is 0 Å². The highest BCUT2D eigenvalue weighted by atomic mass is 16.3. The third-order valence-electron chi connectivity index (χ3n) is 2.36. The molecule has 64 valence electrons. The van der Waals surface area contributed by atoms with Crippen molar-refractivity contribution in [3.8, 4) is 0 Å². The molecule has 0 aromatic heterocycles. The standard InChI is InChI=1S/C10H13NO/c1-7-5-9-8(6-12)3-2-4-10(9)11-7/h2-4,7,11-12H,5-6H2,1H3. The molecule has 0 bridgehead atoms. The van der Waals surface area contributed by atoms with Crippen LogP contribution in [-0.4, -0.2) is 11.1 Å². The first-order valence-electron chi connectivity index (χ1n) is 4.29. The van der Waals surface area contributed by atoms with Gasteiger partial charge in [0.05, 0.1) is 6.61 Å². The van der Waals surface area contributed by atoms with Crippen LogP contribution in [0.1, 0.15) is 18.1 Å². The number of aliphatic hydroxyl groups is 1. The zero-order chi connectivity index (χ0) is 8.55. The van der Waals surface area contributed by atoms with Crippen molar-refractivity contribution in [2.75, 3.05) is 5.32 Å². The van der Waals surface area contributed by atoms with Crippen molar-refractivity contribution in [2.24, 2.45) is 0 Å². The second-order valence-electron chi connectivity index (χ2n) is 3.35. The Morgan fingerprint density at radius 1 is 1.58 bits per heavy atom. The van der Waals surface area contributed by atoms with Gasteiger partial charge in [-0.2, -0.15) is 0 Å². The molecule has 1 aromatic carbocycles. The van der Waals surface area contributed by atoms with Crippen molar-refractivity contribution >= 4 is 5.69 Å². The van der Waals surface area contributed by atoms with Crippen LogP contribution in [0.3, 0.4) is 0 Å². The lowest BCUT2D eigenvalue weighted by atomic mass is 10.0. The normalized spacial score (nSPS) is 20.3. The van der Waals surface area contributed by atoms with Gasteiger partial charge < -0.3 is 10.4 Å². The Morgan fingerprint density at radius 3 is 3.17 bits per heavy atom. The lowest BCUT2D eigenvalue weighted by molar-refractivity contribution is 0.281. The zero-order valence-corrected chi connectivity index (χ0v) is 7.17. The number of hydrogen-bond acceptors (Lipinski definition) is 2. The van der Waals surface area contributed by atoms with Crippen molar-refractivity contribution in [3.05, 3.63) is 29.3 Å². The number of anilines is 1. The number of nitrogens with one attached hydrogen (secondary N) is 1. The summed E-state index contributed by atoms with van der Waals surface area (Å²) in [5, 5.41) is 12.4. The predicted octanol–water partition coefficient (Wildman–Crippen LogP) is 1.54. The number of rotatable bonds is 1. The quantitative estimate of drug-likeness (QED) is 0.658. The molecule has 0 radical (unpaired) electrons. The molecular formula is C10H13NO. The molecule has 2 heteroatoms. The van der Waals surface area contributed by atoms with E-state index in [1.165, 1.54) is 11.3 Å². The topological polar surface area (TPSA) is 32.3 Å². The van der Waals surface area contributed by atoms with Crippen molar-refractivity contribution in [2.45, 2.75) is 26.0 Å². The first-order valence-corrected chi connectivity index (χ1v) is 4.29. The molecule has 2 rings (SSSR count). The van der Waals surface area contributed by atoms with Crippen molar-refractivity contribution in [1.29, 1.82) is 0 Å². The maximum absolute atomic E-state index is 9.06. The summed E-state index contributed by atoms with van der Waals surface area (Å²) in [6, 6.07) is 6.54. The van der Waals surface area contributed by atoms with Crippen LogP contribution >= 0.6 is 0 Å². The molecule has 0 fully saturated rings. The van der Waals surface area contributed by atoms with Crippen LogP contribution in [0.5, 0.6) is 0 Å². The van der Waals surface area contributed by atoms with Gasteiger partial charge in [0.25, 0.3) is 0 Å². The predicted molar refractivity (Wildman–Crippen MR) is 49.2 cm³/mol. The molecule has 0 saturated heterocycles. The summed E-state index contributed by atoms with van der Waals surface area (Å²) in [7, 11) is 0. The molecule has 0 amide bonds. The highest BCUT2D eigenvalue weighted by Crippen LogP contribution is 2.28. The minimum absolute atomic E-state index is 0.150. The minimum atomic E-state index is 0.150. The molecule has 1 heterocycles. The van der Waals surface area contributed by atoms with Crippen LogP contribution in [-0.2, 0) is 13.0 Å². The molecule has 0 saturated carbocycles. The molecule has 2 N–H and O–H groups in total. The smallest absolute Gasteiger partial charge is 0.0685 e. The van der Waals surface area contributed by atoms with Gasteiger partial charge >= 0.3 is 0 Å². The van der Waals surface area contributed by atoms with Crippen molar-refractivity contribution < 1.29 is 5.11 Å². The summed E-state index contributed by atoms with van der Waals surface area (Å²) >= 11 is 0. The molecule has 1 atom stereocenters. The maximum Gasteiger partial charge on any atom is 0.0685 e. The fourth-order valence-electron chi connectivity index (χ4n) is 1.78. The fourth-order valence-corrected chi connectivity index (χ4v) is 1.78. The molecule has 0 spiro atoms. The van der Waals surface area contributed by atoms with Gasteiger partial charge in [-0.05, 0) is 30.5 Å². The van der Waals surface area contributed by atoms with E-state index in [-0.39, 0.29) is 6.61 Å². The Hall–Kier alpha value is -1.02. The van der Waals surface area contributed by atoms with Gasteiger partial charge in [0, 0.05) is 11.7 Å². The van der Waals surface area contributed by atoms with Gasteiger partial charge in [-0.15, -0.1) is 0 Å². The van der Waals surface area contributed by atoms with E-state index in [0.29, 0.717) is 6.04 Å². The average molecular weight is 163 g/mol. The minimum Gasteiger partial charge on any atom is -0.392 e. The summed E-state index contributed by atoms with van der Waals surface area (Å²) in [6.07, 6.45) is 1.03. The Bertz CT molecular complexity index is 296. The molecule has 12 heavy (non-hydrogen) atoms. The lowest BCUT2D eigenvalue weighted by Gasteiger charge is -2.03. The Kier molecular flexibility index (Phi) is 1.77. The monoisotopic (exact) mass is 163 g/mol. The van der Waals surface area contributed by atoms with E-state index in [1.807, 2.05) is 12.1 Å². The van der Waals surface area contributed by atoms with Crippen LogP contribution < -0.4 is 5.32 Å². The van der Waals surface area contributed by atoms with E-state index in [0.717, 1.165) is 12.0 Å². The van der Waals surface area contributed by atoms with Gasteiger partial charge in [-0.25, -0.2) is 0 Å². The molecule has 2 nitrogen and oxygen atoms in total. The Labute approximate surface area is 72.2 Å². The molecule has 1 aliphatic rings. The molecule has 0 aliphatic carbocycles. The Morgan fingerprint density at radius 2 is 2.42 bits per heavy atom. The third kappa shape index (κ3) is 1.08. The largest absolute Gasteiger partial charge is 0.392 e. The summed E-state index contributed by atoms with van der Waals surface area (Å²) in [4.78, 5) is 0. The van der Waals surface area contributed by atoms with Crippen LogP contribution in [0, 0.1) is 0 Å². The maximum atomic E-state index is 9.06. The second-order valence-corrected chi connectivity index (χ2v) is 3.35. The first kappa shape index (κ1) is 7.62. The summed E-state index contributed by atoms with van der Waals surface area (Å²) in [6.45, 7) is 2.30. The van der Waals surface area contributed by atoms with Crippen LogP contribution in [0.15, 0.2) is 18.2 Å². The van der Waals surface area contributed by atoms with E-state index in [9.17, 15) is 0 Å². The number of aliphatic hydroxyl groups excluding tert-OH is 1. The molecular weight excluding hydrogens is 150 g/mol. The number of benzene rings is 1. The summed E-state index contributed by atoms with van der Waals surface area (Å²) in [5.74, 6) is 0. The van der Waals surface area contributed by atoms with Crippen LogP contribution in [0.2, 0.25) is 0 Å². The van der Waals surface area contributed by atoms with Gasteiger partial charge in [0.2, 0.25) is 0 Å². The zero-order valence-electron chi connectivity index (χ0n) is 7.17. The summed E-state index contributed by atoms with van der Waals surface area (Å²) < 4.78 is 0. The van der Waals surface area contributed by atoms with E-state index < -0.39 is 0 Å². The highest BCUT2D eigenvalue weighted by Gasteiger charge is 2.18. The first-order chi connectivity index (χ1) is 5.81. The van der Waals surface area contributed by atoms with Gasteiger partial charge in [-0.3, -0.25) is 0 Å². The molecule has 1 unspecified atom stereocenters. The van der Waals surface area contributed by atoms with Gasteiger partial charge in [0.1, 0.15) is 0 Å². The average Bonchev–Trinajstić information content (AvgIpc) is 2.44. The van der Waals surface area contributed by atoms with E-state index in [4.69, 9.17) is 5.11 Å². The number of hydrogen-bond donors (Lipinski definition) is 2.